The first-order valence-electron chi connectivity index (χ1n) is 8.64. The monoisotopic (exact) mass is 427 g/mol. The molecule has 0 bridgehead atoms. The lowest BCUT2D eigenvalue weighted by Gasteiger charge is -2.11. The van der Waals surface area contributed by atoms with Crippen molar-refractivity contribution in [1.82, 2.24) is 19.5 Å². The second-order valence-corrected chi connectivity index (χ2v) is 7.38. The van der Waals surface area contributed by atoms with Crippen molar-refractivity contribution in [2.75, 3.05) is 11.1 Å². The molecule has 0 aliphatic heterocycles. The minimum Gasteiger partial charge on any atom is -0.323 e. The topological polar surface area (TPSA) is 64.7 Å². The molecule has 146 valence electrons. The van der Waals surface area contributed by atoms with Gasteiger partial charge in [-0.1, -0.05) is 35.5 Å². The summed E-state index contributed by atoms with van der Waals surface area (Å²) in [6.45, 7) is 0. The first kappa shape index (κ1) is 19.2. The summed E-state index contributed by atoms with van der Waals surface area (Å²) in [5.41, 5.74) is 0.977. The molecule has 0 atom stereocenters. The van der Waals surface area contributed by atoms with Crippen LogP contribution in [0.25, 0.3) is 11.4 Å². The summed E-state index contributed by atoms with van der Waals surface area (Å²) in [6.07, 6.45) is 3.71. The zero-order chi connectivity index (χ0) is 20.2. The molecular formula is C20H15ClFN5OS. The molecule has 0 spiro atoms. The molecule has 1 amide bonds. The third kappa shape index (κ3) is 4.33. The van der Waals surface area contributed by atoms with Crippen LogP contribution < -0.4 is 5.32 Å². The smallest absolute Gasteiger partial charge is 0.234 e. The van der Waals surface area contributed by atoms with Crippen LogP contribution in [-0.2, 0) is 4.79 Å². The largest absolute Gasteiger partial charge is 0.323 e. The Labute approximate surface area is 175 Å². The third-order valence-electron chi connectivity index (χ3n) is 4.01. The molecule has 0 unspecified atom stereocenters. The molecule has 1 N–H and O–H groups in total. The molecule has 2 aromatic heterocycles. The molecule has 2 aromatic carbocycles. The number of thioether (sulfide) groups is 1. The standard InChI is InChI=1S/C20H15ClFN5OS/c21-15-9-7-14(8-10-15)19-24-25-20(27(19)26-11-3-4-12-26)29-13-18(28)23-17-6-2-1-5-16(17)22/h1-12H,13H2,(H,23,28). The second-order valence-electron chi connectivity index (χ2n) is 6.00. The highest BCUT2D eigenvalue weighted by Crippen LogP contribution is 2.25. The minimum absolute atomic E-state index is 0.0500. The van der Waals surface area contributed by atoms with Gasteiger partial charge in [-0.15, -0.1) is 10.2 Å². The quantitative estimate of drug-likeness (QED) is 0.457. The molecule has 4 aromatic rings. The van der Waals surface area contributed by atoms with Crippen LogP contribution in [0, 0.1) is 5.82 Å². The molecular weight excluding hydrogens is 413 g/mol. The van der Waals surface area contributed by atoms with Gasteiger partial charge in [0.2, 0.25) is 11.1 Å². The first-order valence-corrected chi connectivity index (χ1v) is 10.0. The molecule has 29 heavy (non-hydrogen) atoms. The van der Waals surface area contributed by atoms with Crippen LogP contribution in [0.15, 0.2) is 78.2 Å². The third-order valence-corrected chi connectivity index (χ3v) is 5.19. The summed E-state index contributed by atoms with van der Waals surface area (Å²) in [5, 5.41) is 12.2. The van der Waals surface area contributed by atoms with Gasteiger partial charge in [0.25, 0.3) is 0 Å². The maximum Gasteiger partial charge on any atom is 0.234 e. The van der Waals surface area contributed by atoms with Crippen LogP contribution in [0.4, 0.5) is 10.1 Å². The van der Waals surface area contributed by atoms with E-state index >= 15 is 0 Å². The van der Waals surface area contributed by atoms with Crippen molar-refractivity contribution in [3.05, 3.63) is 83.9 Å². The highest BCUT2D eigenvalue weighted by Gasteiger charge is 2.17. The predicted molar refractivity (Wildman–Crippen MR) is 111 cm³/mol. The Morgan fingerprint density at radius 1 is 1.03 bits per heavy atom. The van der Waals surface area contributed by atoms with Gasteiger partial charge in [0.15, 0.2) is 5.82 Å². The Morgan fingerprint density at radius 3 is 2.48 bits per heavy atom. The molecule has 0 aliphatic carbocycles. The Morgan fingerprint density at radius 2 is 1.76 bits per heavy atom. The van der Waals surface area contributed by atoms with E-state index in [9.17, 15) is 9.18 Å². The number of para-hydroxylation sites is 1. The molecule has 0 fully saturated rings. The molecule has 0 saturated carbocycles. The number of amides is 1. The molecule has 6 nitrogen and oxygen atoms in total. The van der Waals surface area contributed by atoms with Gasteiger partial charge in [-0.05, 0) is 48.5 Å². The number of anilines is 1. The number of benzene rings is 2. The second kappa shape index (κ2) is 8.50. The first-order chi connectivity index (χ1) is 14.1. The number of carbonyl (C=O) groups is 1. The molecule has 0 aliphatic rings. The van der Waals surface area contributed by atoms with Gasteiger partial charge in [-0.2, -0.15) is 0 Å². The zero-order valence-electron chi connectivity index (χ0n) is 15.0. The van der Waals surface area contributed by atoms with Crippen LogP contribution in [0.5, 0.6) is 0 Å². The summed E-state index contributed by atoms with van der Waals surface area (Å²) in [7, 11) is 0. The maximum atomic E-state index is 13.7. The fourth-order valence-corrected chi connectivity index (χ4v) is 3.54. The van der Waals surface area contributed by atoms with Crippen molar-refractivity contribution >= 4 is 35.0 Å². The van der Waals surface area contributed by atoms with E-state index in [0.717, 1.165) is 5.56 Å². The minimum atomic E-state index is -0.480. The van der Waals surface area contributed by atoms with E-state index < -0.39 is 5.82 Å². The Hall–Kier alpha value is -3.10. The van der Waals surface area contributed by atoms with E-state index in [0.29, 0.717) is 16.0 Å². The van der Waals surface area contributed by atoms with Crippen molar-refractivity contribution in [1.29, 1.82) is 0 Å². The number of aromatic nitrogens is 4. The van der Waals surface area contributed by atoms with Gasteiger partial charge in [0.05, 0.1) is 11.4 Å². The molecule has 4 rings (SSSR count). The zero-order valence-corrected chi connectivity index (χ0v) is 16.6. The molecule has 2 heterocycles. The highest BCUT2D eigenvalue weighted by atomic mass is 35.5. The lowest BCUT2D eigenvalue weighted by atomic mass is 10.2. The number of nitrogens with zero attached hydrogens (tertiary/aromatic N) is 4. The predicted octanol–water partition coefficient (Wildman–Crippen LogP) is 4.58. The van der Waals surface area contributed by atoms with Gasteiger partial charge < -0.3 is 5.32 Å². The molecule has 0 radical (unpaired) electrons. The van der Waals surface area contributed by atoms with Gasteiger partial charge in [-0.3, -0.25) is 9.47 Å². The fraction of sp³-hybridized carbons (Fsp3) is 0.0500. The number of halogens is 2. The lowest BCUT2D eigenvalue weighted by Crippen LogP contribution is -2.16. The number of hydrogen-bond acceptors (Lipinski definition) is 4. The van der Waals surface area contributed by atoms with Gasteiger partial charge in [0.1, 0.15) is 5.82 Å². The van der Waals surface area contributed by atoms with E-state index in [1.165, 1.54) is 23.9 Å². The molecule has 9 heteroatoms. The van der Waals surface area contributed by atoms with E-state index in [2.05, 4.69) is 15.5 Å². The van der Waals surface area contributed by atoms with Crippen molar-refractivity contribution in [2.45, 2.75) is 5.16 Å². The number of hydrogen-bond donors (Lipinski definition) is 1. The van der Waals surface area contributed by atoms with E-state index in [1.807, 2.05) is 41.3 Å². The summed E-state index contributed by atoms with van der Waals surface area (Å²) < 4.78 is 17.3. The summed E-state index contributed by atoms with van der Waals surface area (Å²) in [4.78, 5) is 12.3. The number of carbonyl (C=O) groups excluding carboxylic acids is 1. The van der Waals surface area contributed by atoms with Gasteiger partial charge in [-0.25, -0.2) is 9.07 Å². The Balaban J connectivity index is 1.57. The average molecular weight is 428 g/mol. The maximum absolute atomic E-state index is 13.7. The van der Waals surface area contributed by atoms with Crippen LogP contribution in [0.1, 0.15) is 0 Å². The number of rotatable bonds is 6. The number of nitrogens with one attached hydrogen (secondary N) is 1. The van der Waals surface area contributed by atoms with E-state index in [1.54, 1.807) is 28.9 Å². The summed E-state index contributed by atoms with van der Waals surface area (Å²) in [6, 6.07) is 17.1. The SMILES string of the molecule is O=C(CSc1nnc(-c2ccc(Cl)cc2)n1-n1cccc1)Nc1ccccc1F. The van der Waals surface area contributed by atoms with Gasteiger partial charge in [0, 0.05) is 23.0 Å². The van der Waals surface area contributed by atoms with Crippen molar-refractivity contribution in [3.63, 3.8) is 0 Å². The highest BCUT2D eigenvalue weighted by molar-refractivity contribution is 7.99. The Kier molecular flexibility index (Phi) is 5.64. The normalized spacial score (nSPS) is 10.8. The average Bonchev–Trinajstić information content (AvgIpc) is 3.38. The summed E-state index contributed by atoms with van der Waals surface area (Å²) >= 11 is 7.19. The van der Waals surface area contributed by atoms with Crippen LogP contribution in [-0.4, -0.2) is 31.2 Å². The van der Waals surface area contributed by atoms with Crippen LogP contribution >= 0.6 is 23.4 Å². The lowest BCUT2D eigenvalue weighted by molar-refractivity contribution is -0.113. The molecule has 0 saturated heterocycles. The van der Waals surface area contributed by atoms with Crippen LogP contribution in [0.2, 0.25) is 5.02 Å². The van der Waals surface area contributed by atoms with Crippen molar-refractivity contribution in [3.8, 4) is 11.4 Å². The van der Waals surface area contributed by atoms with E-state index in [4.69, 9.17) is 11.6 Å². The van der Waals surface area contributed by atoms with Crippen molar-refractivity contribution in [2.24, 2.45) is 0 Å². The Bertz CT molecular complexity index is 1130. The summed E-state index contributed by atoms with van der Waals surface area (Å²) in [5.74, 6) is -0.162. The van der Waals surface area contributed by atoms with Gasteiger partial charge >= 0.3 is 0 Å². The van der Waals surface area contributed by atoms with Crippen molar-refractivity contribution < 1.29 is 9.18 Å². The van der Waals surface area contributed by atoms with Crippen LogP contribution in [0.3, 0.4) is 0 Å². The van der Waals surface area contributed by atoms with E-state index in [-0.39, 0.29) is 17.3 Å². The fourth-order valence-electron chi connectivity index (χ4n) is 2.68.